The van der Waals surface area contributed by atoms with E-state index in [0.717, 1.165) is 19.5 Å². The van der Waals surface area contributed by atoms with Crippen molar-refractivity contribution < 1.29 is 0 Å². The smallest absolute Gasteiger partial charge is 0.289 e. The Morgan fingerprint density at radius 2 is 2.47 bits per heavy atom. The molecule has 0 aromatic carbocycles. The number of H-pyrrole nitrogens is 1. The number of hydrogen-bond acceptors (Lipinski definition) is 3. The highest BCUT2D eigenvalue weighted by Crippen LogP contribution is 2.25. The van der Waals surface area contributed by atoms with Gasteiger partial charge in [0, 0.05) is 13.1 Å². The van der Waals surface area contributed by atoms with Crippen molar-refractivity contribution in [3.8, 4) is 0 Å². The predicted octanol–water partition coefficient (Wildman–Crippen LogP) is 1.66. The molecule has 0 spiro atoms. The van der Waals surface area contributed by atoms with E-state index >= 15 is 0 Å². The van der Waals surface area contributed by atoms with Gasteiger partial charge in [0.1, 0.15) is 5.69 Å². The molecule has 1 aromatic rings. The number of aromatic nitrogens is 2. The summed E-state index contributed by atoms with van der Waals surface area (Å²) in [6.07, 6.45) is 3.81. The maximum absolute atomic E-state index is 11.6. The van der Waals surface area contributed by atoms with Gasteiger partial charge in [0.2, 0.25) is 0 Å². The average molecular weight is 228 g/mol. The molecule has 1 N–H and O–H groups in total. The van der Waals surface area contributed by atoms with E-state index in [2.05, 4.69) is 22.0 Å². The van der Waals surface area contributed by atoms with Crippen molar-refractivity contribution in [1.29, 1.82) is 0 Å². The van der Waals surface area contributed by atoms with Crippen LogP contribution in [0.15, 0.2) is 11.0 Å². The minimum Gasteiger partial charge on any atom is -0.366 e. The first kappa shape index (κ1) is 10.5. The topological polar surface area (TPSA) is 49.0 Å². The molecule has 1 aromatic heterocycles. The van der Waals surface area contributed by atoms with Crippen LogP contribution >= 0.6 is 11.6 Å². The molecule has 1 aliphatic heterocycles. The van der Waals surface area contributed by atoms with Gasteiger partial charge in [0.25, 0.3) is 5.56 Å². The molecule has 0 radical (unpaired) electrons. The van der Waals surface area contributed by atoms with Crippen molar-refractivity contribution >= 4 is 17.3 Å². The summed E-state index contributed by atoms with van der Waals surface area (Å²) in [6.45, 7) is 3.99. The fourth-order valence-electron chi connectivity index (χ4n) is 2.06. The maximum Gasteiger partial charge on any atom is 0.289 e. The number of nitrogens with one attached hydrogen (secondary N) is 1. The molecule has 1 fully saturated rings. The molecule has 2 heterocycles. The Bertz CT molecular complexity index is 404. The van der Waals surface area contributed by atoms with E-state index in [1.165, 1.54) is 12.6 Å². The molecule has 15 heavy (non-hydrogen) atoms. The Hall–Kier alpha value is -1.03. The molecule has 4 nitrogen and oxygen atoms in total. The minimum absolute atomic E-state index is 0.198. The lowest BCUT2D eigenvalue weighted by Crippen LogP contribution is -2.37. The van der Waals surface area contributed by atoms with Crippen LogP contribution in [0.2, 0.25) is 5.02 Å². The Morgan fingerprint density at radius 3 is 3.13 bits per heavy atom. The Morgan fingerprint density at radius 1 is 1.67 bits per heavy atom. The zero-order chi connectivity index (χ0) is 10.8. The molecule has 0 amide bonds. The van der Waals surface area contributed by atoms with Crippen molar-refractivity contribution in [1.82, 2.24) is 10.2 Å². The summed E-state index contributed by atoms with van der Waals surface area (Å²) in [4.78, 5) is 13.7. The van der Waals surface area contributed by atoms with Crippen LogP contribution in [0.3, 0.4) is 0 Å². The lowest BCUT2D eigenvalue weighted by atomic mass is 10.00. The van der Waals surface area contributed by atoms with Gasteiger partial charge in [-0.15, -0.1) is 0 Å². The van der Waals surface area contributed by atoms with Gasteiger partial charge in [-0.2, -0.15) is 5.10 Å². The lowest BCUT2D eigenvalue weighted by molar-refractivity contribution is 0.446. The minimum atomic E-state index is -0.198. The van der Waals surface area contributed by atoms with Gasteiger partial charge >= 0.3 is 0 Å². The van der Waals surface area contributed by atoms with Crippen molar-refractivity contribution in [2.45, 2.75) is 19.8 Å². The molecule has 1 saturated heterocycles. The van der Waals surface area contributed by atoms with E-state index in [4.69, 9.17) is 11.6 Å². The van der Waals surface area contributed by atoms with Gasteiger partial charge < -0.3 is 4.90 Å². The van der Waals surface area contributed by atoms with Crippen molar-refractivity contribution in [2.24, 2.45) is 5.92 Å². The van der Waals surface area contributed by atoms with Crippen LogP contribution in [-0.2, 0) is 0 Å². The van der Waals surface area contributed by atoms with Crippen LogP contribution in [0.1, 0.15) is 19.8 Å². The third kappa shape index (κ3) is 2.15. The number of halogens is 1. The first-order valence-electron chi connectivity index (χ1n) is 5.16. The first-order chi connectivity index (χ1) is 7.18. The second-order valence-corrected chi connectivity index (χ2v) is 4.50. The highest BCUT2D eigenvalue weighted by Gasteiger charge is 2.20. The fourth-order valence-corrected chi connectivity index (χ4v) is 2.31. The van der Waals surface area contributed by atoms with E-state index in [-0.39, 0.29) is 5.56 Å². The molecule has 2 rings (SSSR count). The molecule has 1 unspecified atom stereocenters. The summed E-state index contributed by atoms with van der Waals surface area (Å²) in [6, 6.07) is 0. The molecular formula is C10H14ClN3O. The van der Waals surface area contributed by atoms with Crippen LogP contribution in [0.4, 0.5) is 5.69 Å². The standard InChI is InChI=1S/C10H14ClN3O/c1-7-3-2-4-14(6-7)9-8(11)5-12-13-10(9)15/h5,7H,2-4,6H2,1H3,(H,13,15). The number of anilines is 1. The summed E-state index contributed by atoms with van der Waals surface area (Å²) in [5.74, 6) is 0.613. The number of piperidine rings is 1. The van der Waals surface area contributed by atoms with E-state index in [1.807, 2.05) is 0 Å². The number of rotatable bonds is 1. The normalized spacial score (nSPS) is 21.7. The number of hydrogen-bond donors (Lipinski definition) is 1. The van der Waals surface area contributed by atoms with Crippen LogP contribution < -0.4 is 10.5 Å². The summed E-state index contributed by atoms with van der Waals surface area (Å²) in [7, 11) is 0. The second-order valence-electron chi connectivity index (χ2n) is 4.09. The zero-order valence-electron chi connectivity index (χ0n) is 8.66. The fraction of sp³-hybridized carbons (Fsp3) is 0.600. The third-order valence-corrected chi connectivity index (χ3v) is 3.04. The number of aromatic amines is 1. The third-order valence-electron chi connectivity index (χ3n) is 2.76. The molecular weight excluding hydrogens is 214 g/mol. The average Bonchev–Trinajstić information content (AvgIpc) is 2.17. The van der Waals surface area contributed by atoms with Gasteiger partial charge in [-0.3, -0.25) is 4.79 Å². The van der Waals surface area contributed by atoms with Crippen molar-refractivity contribution in [3.63, 3.8) is 0 Å². The molecule has 1 atom stereocenters. The van der Waals surface area contributed by atoms with Gasteiger partial charge in [0.15, 0.2) is 0 Å². The highest BCUT2D eigenvalue weighted by molar-refractivity contribution is 6.33. The van der Waals surface area contributed by atoms with E-state index < -0.39 is 0 Å². The Balaban J connectivity index is 2.32. The molecule has 5 heteroatoms. The van der Waals surface area contributed by atoms with Crippen LogP contribution in [-0.4, -0.2) is 23.3 Å². The molecule has 0 aliphatic carbocycles. The molecule has 0 bridgehead atoms. The lowest BCUT2D eigenvalue weighted by Gasteiger charge is -2.32. The van der Waals surface area contributed by atoms with Crippen LogP contribution in [0, 0.1) is 5.92 Å². The summed E-state index contributed by atoms with van der Waals surface area (Å²) >= 11 is 5.99. The van der Waals surface area contributed by atoms with Gasteiger partial charge in [0.05, 0.1) is 11.2 Å². The Kier molecular flexibility index (Phi) is 2.95. The summed E-state index contributed by atoms with van der Waals surface area (Å²) < 4.78 is 0. The monoisotopic (exact) mass is 227 g/mol. The van der Waals surface area contributed by atoms with E-state index in [0.29, 0.717) is 16.6 Å². The zero-order valence-corrected chi connectivity index (χ0v) is 9.42. The maximum atomic E-state index is 11.6. The van der Waals surface area contributed by atoms with Crippen molar-refractivity contribution in [2.75, 3.05) is 18.0 Å². The van der Waals surface area contributed by atoms with Crippen LogP contribution in [0.5, 0.6) is 0 Å². The molecule has 0 saturated carbocycles. The van der Waals surface area contributed by atoms with Crippen LogP contribution in [0.25, 0.3) is 0 Å². The first-order valence-corrected chi connectivity index (χ1v) is 5.54. The molecule has 1 aliphatic rings. The predicted molar refractivity (Wildman–Crippen MR) is 60.5 cm³/mol. The second kappa shape index (κ2) is 4.23. The van der Waals surface area contributed by atoms with Gasteiger partial charge in [-0.05, 0) is 18.8 Å². The quantitative estimate of drug-likeness (QED) is 0.794. The van der Waals surface area contributed by atoms with E-state index in [9.17, 15) is 4.79 Å². The van der Waals surface area contributed by atoms with Gasteiger partial charge in [-0.25, -0.2) is 5.10 Å². The van der Waals surface area contributed by atoms with E-state index in [1.54, 1.807) is 0 Å². The van der Waals surface area contributed by atoms with Gasteiger partial charge in [-0.1, -0.05) is 18.5 Å². The summed E-state index contributed by atoms with van der Waals surface area (Å²) in [5, 5.41) is 6.52. The van der Waals surface area contributed by atoms with Crippen molar-refractivity contribution in [3.05, 3.63) is 21.6 Å². The largest absolute Gasteiger partial charge is 0.366 e. The molecule has 82 valence electrons. The summed E-state index contributed by atoms with van der Waals surface area (Å²) in [5.41, 5.74) is 0.370. The highest BCUT2D eigenvalue weighted by atomic mass is 35.5. The Labute approximate surface area is 93.2 Å². The number of nitrogens with zero attached hydrogens (tertiary/aromatic N) is 2. The SMILES string of the molecule is CC1CCCN(c2c(Cl)cn[nH]c2=O)C1.